The first-order valence-corrected chi connectivity index (χ1v) is 9.75. The molecule has 1 aliphatic heterocycles. The highest BCUT2D eigenvalue weighted by molar-refractivity contribution is 5.97. The minimum absolute atomic E-state index is 0.235. The van der Waals surface area contributed by atoms with Crippen molar-refractivity contribution in [2.45, 2.75) is 38.3 Å². The van der Waals surface area contributed by atoms with Gasteiger partial charge in [-0.3, -0.25) is 15.0 Å². The number of hydrogen-bond acceptors (Lipinski definition) is 4. The molecule has 0 saturated heterocycles. The lowest BCUT2D eigenvalue weighted by Gasteiger charge is -2.30. The molecule has 1 saturated carbocycles. The molecule has 4 rings (SSSR count). The number of H-pyrrole nitrogens is 1. The molecule has 28 heavy (non-hydrogen) atoms. The van der Waals surface area contributed by atoms with Crippen molar-refractivity contribution in [1.29, 1.82) is 0 Å². The highest BCUT2D eigenvalue weighted by atomic mass is 16.5. The number of nitrogens with zero attached hydrogens (tertiary/aromatic N) is 1. The predicted octanol–water partition coefficient (Wildman–Crippen LogP) is 2.64. The number of amides is 3. The van der Waals surface area contributed by atoms with E-state index in [0.29, 0.717) is 6.54 Å². The van der Waals surface area contributed by atoms with E-state index in [1.165, 1.54) is 11.1 Å². The Hall–Kier alpha value is -2.80. The minimum Gasteiger partial charge on any atom is -0.497 e. The van der Waals surface area contributed by atoms with Crippen LogP contribution in [0.1, 0.15) is 31.7 Å². The number of hydrogen-bond donors (Lipinski definition) is 3. The number of rotatable bonds is 5. The van der Waals surface area contributed by atoms with Crippen LogP contribution in [0.2, 0.25) is 0 Å². The summed E-state index contributed by atoms with van der Waals surface area (Å²) in [6, 6.07) is 5.50. The molecule has 0 radical (unpaired) electrons. The fourth-order valence-corrected chi connectivity index (χ4v) is 3.60. The van der Waals surface area contributed by atoms with Crippen LogP contribution in [0.3, 0.4) is 0 Å². The molecular weight excluding hydrogens is 356 g/mol. The number of methoxy groups -OCH3 is 1. The van der Waals surface area contributed by atoms with Crippen molar-refractivity contribution in [3.05, 3.63) is 36.0 Å². The van der Waals surface area contributed by atoms with E-state index >= 15 is 0 Å². The average Bonchev–Trinajstić information content (AvgIpc) is 3.42. The van der Waals surface area contributed by atoms with E-state index in [1.54, 1.807) is 7.11 Å². The largest absolute Gasteiger partial charge is 0.497 e. The summed E-state index contributed by atoms with van der Waals surface area (Å²) in [5, 5.41) is 6.37. The van der Waals surface area contributed by atoms with Crippen LogP contribution < -0.4 is 15.4 Å². The molecule has 3 N–H and O–H groups in total. The van der Waals surface area contributed by atoms with E-state index in [9.17, 15) is 9.59 Å². The highest BCUT2D eigenvalue weighted by Crippen LogP contribution is 2.31. The zero-order valence-electron chi connectivity index (χ0n) is 16.2. The number of ether oxygens (including phenoxy) is 1. The summed E-state index contributed by atoms with van der Waals surface area (Å²) in [6.07, 6.45) is 7.03. The Labute approximate surface area is 164 Å². The lowest BCUT2D eigenvalue weighted by molar-refractivity contribution is -0.124. The molecule has 1 fully saturated rings. The van der Waals surface area contributed by atoms with Crippen LogP contribution >= 0.6 is 0 Å². The summed E-state index contributed by atoms with van der Waals surface area (Å²) in [4.78, 5) is 29.5. The van der Waals surface area contributed by atoms with Gasteiger partial charge in [-0.2, -0.15) is 0 Å². The number of nitrogens with one attached hydrogen (secondary N) is 3. The Bertz CT molecular complexity index is 929. The van der Waals surface area contributed by atoms with Crippen LogP contribution in [0.15, 0.2) is 30.5 Å². The second-order valence-corrected chi connectivity index (χ2v) is 7.50. The molecule has 0 spiro atoms. The molecule has 1 aromatic heterocycles. The molecule has 7 heteroatoms. The van der Waals surface area contributed by atoms with E-state index < -0.39 is 0 Å². The zero-order chi connectivity index (χ0) is 19.7. The normalized spacial score (nSPS) is 18.4. The Kier molecular flexibility index (Phi) is 5.09. The van der Waals surface area contributed by atoms with Crippen molar-refractivity contribution in [2.24, 2.45) is 0 Å². The van der Waals surface area contributed by atoms with Crippen LogP contribution in [0.25, 0.3) is 16.5 Å². The van der Waals surface area contributed by atoms with Gasteiger partial charge in [0.1, 0.15) is 5.75 Å². The van der Waals surface area contributed by atoms with E-state index in [0.717, 1.165) is 42.5 Å². The van der Waals surface area contributed by atoms with Gasteiger partial charge in [-0.15, -0.1) is 0 Å². The number of benzene rings is 1. The quantitative estimate of drug-likeness (QED) is 0.742. The molecule has 2 heterocycles. The topological polar surface area (TPSA) is 86.5 Å². The smallest absolute Gasteiger partial charge is 0.321 e. The Morgan fingerprint density at radius 3 is 2.82 bits per heavy atom. The van der Waals surface area contributed by atoms with E-state index in [2.05, 4.69) is 26.6 Å². The van der Waals surface area contributed by atoms with Crippen LogP contribution in [0, 0.1) is 0 Å². The average molecular weight is 382 g/mol. The first kappa shape index (κ1) is 18.6. The molecule has 1 atom stereocenters. The summed E-state index contributed by atoms with van der Waals surface area (Å²) < 4.78 is 5.35. The molecule has 0 bridgehead atoms. The van der Waals surface area contributed by atoms with Crippen LogP contribution in [-0.2, 0) is 4.79 Å². The Morgan fingerprint density at radius 1 is 1.32 bits per heavy atom. The molecule has 2 aromatic rings. The molecule has 148 valence electrons. The van der Waals surface area contributed by atoms with Crippen molar-refractivity contribution in [3.63, 3.8) is 0 Å². The summed E-state index contributed by atoms with van der Waals surface area (Å²) in [7, 11) is 1.67. The van der Waals surface area contributed by atoms with Gasteiger partial charge < -0.3 is 15.0 Å². The van der Waals surface area contributed by atoms with Gasteiger partial charge in [-0.1, -0.05) is 6.08 Å². The maximum absolute atomic E-state index is 12.4. The second-order valence-electron chi connectivity index (χ2n) is 7.50. The van der Waals surface area contributed by atoms with Gasteiger partial charge in [0.15, 0.2) is 0 Å². The number of carbonyl (C=O) groups is 2. The number of imide groups is 1. The third-order valence-corrected chi connectivity index (χ3v) is 5.55. The molecule has 1 aliphatic carbocycles. The molecule has 7 nitrogen and oxygen atoms in total. The molecule has 1 unspecified atom stereocenters. The molecule has 2 aliphatic rings. The van der Waals surface area contributed by atoms with Gasteiger partial charge in [0.25, 0.3) is 0 Å². The van der Waals surface area contributed by atoms with Crippen LogP contribution in [0.5, 0.6) is 5.75 Å². The standard InChI is InChI=1S/C21H26N4O3/c1-13(20(26)24-21(27)23-15-3-4-15)25-9-7-14(8-10-25)18-12-22-19-6-5-16(28-2)11-17(18)19/h5-7,11-13,15,22H,3-4,8-10H2,1-2H3,(H2,23,24,26,27). The number of aromatic nitrogens is 1. The van der Waals surface area contributed by atoms with Gasteiger partial charge in [0.2, 0.25) is 5.91 Å². The van der Waals surface area contributed by atoms with Crippen molar-refractivity contribution >= 4 is 28.4 Å². The van der Waals surface area contributed by atoms with E-state index in [4.69, 9.17) is 4.74 Å². The van der Waals surface area contributed by atoms with E-state index in [1.807, 2.05) is 31.3 Å². The summed E-state index contributed by atoms with van der Waals surface area (Å²) in [5.74, 6) is 0.577. The van der Waals surface area contributed by atoms with Gasteiger partial charge in [-0.05, 0) is 50.0 Å². The summed E-state index contributed by atoms with van der Waals surface area (Å²) in [6.45, 7) is 3.28. The fourth-order valence-electron chi connectivity index (χ4n) is 3.60. The molecule has 1 aromatic carbocycles. The van der Waals surface area contributed by atoms with Gasteiger partial charge in [-0.25, -0.2) is 4.79 Å². The van der Waals surface area contributed by atoms with Gasteiger partial charge >= 0.3 is 6.03 Å². The first-order valence-electron chi connectivity index (χ1n) is 9.75. The lowest BCUT2D eigenvalue weighted by Crippen LogP contribution is -2.50. The third-order valence-electron chi connectivity index (χ3n) is 5.55. The predicted molar refractivity (Wildman–Crippen MR) is 108 cm³/mol. The maximum atomic E-state index is 12.4. The van der Waals surface area contributed by atoms with Gasteiger partial charge in [0.05, 0.1) is 13.2 Å². The number of fused-ring (bicyclic) bond motifs is 1. The SMILES string of the molecule is COc1ccc2[nH]cc(C3=CCN(C(C)C(=O)NC(=O)NC4CC4)CC3)c2c1. The summed E-state index contributed by atoms with van der Waals surface area (Å²) in [5.41, 5.74) is 3.51. The number of aromatic amines is 1. The van der Waals surface area contributed by atoms with Crippen molar-refractivity contribution < 1.29 is 14.3 Å². The molecular formula is C21H26N4O3. The number of carbonyl (C=O) groups excluding carboxylic acids is 2. The minimum atomic E-state index is -0.389. The maximum Gasteiger partial charge on any atom is 0.321 e. The second kappa shape index (κ2) is 7.67. The Morgan fingerprint density at radius 2 is 2.14 bits per heavy atom. The van der Waals surface area contributed by atoms with Crippen molar-refractivity contribution in [1.82, 2.24) is 20.5 Å². The monoisotopic (exact) mass is 382 g/mol. The Balaban J connectivity index is 1.41. The summed E-state index contributed by atoms with van der Waals surface area (Å²) >= 11 is 0. The van der Waals surface area contributed by atoms with Gasteiger partial charge in [0, 0.05) is 41.8 Å². The van der Waals surface area contributed by atoms with Crippen molar-refractivity contribution in [3.8, 4) is 5.75 Å². The lowest BCUT2D eigenvalue weighted by atomic mass is 9.98. The number of urea groups is 1. The first-order chi connectivity index (χ1) is 13.5. The van der Waals surface area contributed by atoms with Crippen LogP contribution in [0.4, 0.5) is 4.79 Å². The zero-order valence-corrected chi connectivity index (χ0v) is 16.2. The van der Waals surface area contributed by atoms with Crippen molar-refractivity contribution in [2.75, 3.05) is 20.2 Å². The molecule has 3 amide bonds. The van der Waals surface area contributed by atoms with Crippen LogP contribution in [-0.4, -0.2) is 54.1 Å². The highest BCUT2D eigenvalue weighted by Gasteiger charge is 2.28. The third kappa shape index (κ3) is 3.89. The van der Waals surface area contributed by atoms with E-state index in [-0.39, 0.29) is 24.0 Å². The fraction of sp³-hybridized carbons (Fsp3) is 0.429.